The van der Waals surface area contributed by atoms with Crippen molar-refractivity contribution in [2.24, 2.45) is 0 Å². The maximum absolute atomic E-state index is 12.5. The number of anilines is 6. The topological polar surface area (TPSA) is 64.1 Å². The Kier molecular flexibility index (Phi) is 8.30. The molecule has 0 saturated carbocycles. The molecule has 51 heavy (non-hydrogen) atoms. The lowest BCUT2D eigenvalue weighted by molar-refractivity contribution is 0.0526. The van der Waals surface area contributed by atoms with Gasteiger partial charge in [0.05, 0.1) is 66.0 Å². The van der Waals surface area contributed by atoms with Gasteiger partial charge < -0.3 is 24.0 Å². The molecule has 0 spiro atoms. The van der Waals surface area contributed by atoms with Crippen molar-refractivity contribution in [2.45, 2.75) is 6.92 Å². The number of benzene rings is 6. The molecule has 0 fully saturated rings. The smallest absolute Gasteiger partial charge is 0.338 e. The first-order valence-corrected chi connectivity index (χ1v) is 16.9. The predicted molar refractivity (Wildman–Crippen MR) is 205 cm³/mol. The summed E-state index contributed by atoms with van der Waals surface area (Å²) in [7, 11) is 3.28. The van der Waals surface area contributed by atoms with Crippen LogP contribution in [0.25, 0.3) is 33.3 Å². The number of aromatic nitrogens is 1. The molecule has 0 aliphatic carbocycles. The molecular formula is C44H35N3O4. The first-order valence-electron chi connectivity index (χ1n) is 16.9. The van der Waals surface area contributed by atoms with Gasteiger partial charge in [0.2, 0.25) is 0 Å². The maximum atomic E-state index is 12.5. The second kappa shape index (κ2) is 13.4. The van der Waals surface area contributed by atoms with Gasteiger partial charge >= 0.3 is 5.97 Å². The highest BCUT2D eigenvalue weighted by Crippen LogP contribution is 2.55. The fourth-order valence-electron chi connectivity index (χ4n) is 6.85. The van der Waals surface area contributed by atoms with E-state index in [1.54, 1.807) is 33.3 Å². The van der Waals surface area contributed by atoms with Gasteiger partial charge in [-0.2, -0.15) is 0 Å². The zero-order valence-corrected chi connectivity index (χ0v) is 28.5. The normalized spacial score (nSPS) is 11.9. The number of pyridine rings is 1. The second-order valence-corrected chi connectivity index (χ2v) is 12.1. The molecule has 0 atom stereocenters. The zero-order valence-electron chi connectivity index (χ0n) is 28.5. The third-order valence-corrected chi connectivity index (χ3v) is 9.19. The molecule has 7 heteroatoms. The average molecular weight is 670 g/mol. The van der Waals surface area contributed by atoms with E-state index in [-0.39, 0.29) is 5.97 Å². The molecule has 0 unspecified atom stereocenters. The highest BCUT2D eigenvalue weighted by Gasteiger charge is 2.31. The van der Waals surface area contributed by atoms with E-state index < -0.39 is 0 Å². The molecule has 6 aromatic carbocycles. The summed E-state index contributed by atoms with van der Waals surface area (Å²) in [6, 6.07) is 49.2. The van der Waals surface area contributed by atoms with E-state index in [1.165, 1.54) is 0 Å². The monoisotopic (exact) mass is 669 g/mol. The van der Waals surface area contributed by atoms with Gasteiger partial charge in [0.1, 0.15) is 0 Å². The molecular weight excluding hydrogens is 635 g/mol. The summed E-state index contributed by atoms with van der Waals surface area (Å²) in [5, 5.41) is 0.979. The van der Waals surface area contributed by atoms with Crippen molar-refractivity contribution in [1.29, 1.82) is 0 Å². The van der Waals surface area contributed by atoms with E-state index in [2.05, 4.69) is 107 Å². The third kappa shape index (κ3) is 5.59. The summed E-state index contributed by atoms with van der Waals surface area (Å²) in [6.07, 6.45) is 0. The van der Waals surface area contributed by atoms with Crippen molar-refractivity contribution < 1.29 is 19.0 Å². The Hall–Kier alpha value is -6.60. The molecule has 7 nitrogen and oxygen atoms in total. The van der Waals surface area contributed by atoms with Crippen LogP contribution in [0.5, 0.6) is 11.5 Å². The Labute approximate surface area is 296 Å². The number of para-hydroxylation sites is 6. The Morgan fingerprint density at radius 2 is 1.18 bits per heavy atom. The summed E-state index contributed by atoms with van der Waals surface area (Å²) in [4.78, 5) is 22.5. The highest BCUT2D eigenvalue weighted by atomic mass is 16.5. The number of hydrogen-bond acceptors (Lipinski definition) is 7. The highest BCUT2D eigenvalue weighted by molar-refractivity contribution is 6.09. The molecule has 0 bridgehead atoms. The van der Waals surface area contributed by atoms with E-state index in [9.17, 15) is 4.79 Å². The lowest BCUT2D eigenvalue weighted by Gasteiger charge is -2.40. The van der Waals surface area contributed by atoms with Crippen LogP contribution in [0.1, 0.15) is 17.3 Å². The number of carbonyl (C=O) groups is 1. The first kappa shape index (κ1) is 31.7. The summed E-state index contributed by atoms with van der Waals surface area (Å²) < 4.78 is 16.5. The van der Waals surface area contributed by atoms with Crippen molar-refractivity contribution in [3.63, 3.8) is 0 Å². The fourth-order valence-corrected chi connectivity index (χ4v) is 6.85. The molecule has 0 radical (unpaired) electrons. The lowest BCUT2D eigenvalue weighted by atomic mass is 9.96. The van der Waals surface area contributed by atoms with Crippen molar-refractivity contribution in [3.8, 4) is 33.9 Å². The van der Waals surface area contributed by atoms with Crippen molar-refractivity contribution in [2.75, 3.05) is 30.6 Å². The van der Waals surface area contributed by atoms with Crippen molar-refractivity contribution in [1.82, 2.24) is 4.98 Å². The number of hydrogen-bond donors (Lipinski definition) is 0. The molecule has 1 aliphatic heterocycles. The minimum atomic E-state index is -0.351. The number of esters is 1. The first-order chi connectivity index (χ1) is 25.1. The van der Waals surface area contributed by atoms with Gasteiger partial charge in [-0.1, -0.05) is 72.8 Å². The Morgan fingerprint density at radius 1 is 0.588 bits per heavy atom. The number of carbonyl (C=O) groups excluding carboxylic acids is 1. The Morgan fingerprint density at radius 3 is 1.80 bits per heavy atom. The molecule has 0 saturated heterocycles. The quantitative estimate of drug-likeness (QED) is 0.149. The van der Waals surface area contributed by atoms with Crippen LogP contribution in [0.15, 0.2) is 146 Å². The average Bonchev–Trinajstić information content (AvgIpc) is 3.19. The molecule has 1 aliphatic rings. The van der Waals surface area contributed by atoms with Gasteiger partial charge in [0, 0.05) is 16.6 Å². The Balaban J connectivity index is 1.38. The van der Waals surface area contributed by atoms with E-state index in [1.807, 2.05) is 36.4 Å². The minimum absolute atomic E-state index is 0.316. The van der Waals surface area contributed by atoms with Gasteiger partial charge in [0.15, 0.2) is 11.5 Å². The van der Waals surface area contributed by atoms with Gasteiger partial charge in [-0.05, 0) is 90.8 Å². The van der Waals surface area contributed by atoms with Gasteiger partial charge in [-0.25, -0.2) is 9.78 Å². The predicted octanol–water partition coefficient (Wildman–Crippen LogP) is 11.0. The second-order valence-electron chi connectivity index (χ2n) is 12.1. The van der Waals surface area contributed by atoms with E-state index in [4.69, 9.17) is 19.2 Å². The number of ether oxygens (including phenoxy) is 3. The molecule has 250 valence electrons. The fraction of sp³-hybridized carbons (Fsp3) is 0.0909. The molecule has 0 amide bonds. The number of methoxy groups -OCH3 is 2. The van der Waals surface area contributed by atoms with Crippen LogP contribution in [-0.4, -0.2) is 31.8 Å². The maximum Gasteiger partial charge on any atom is 0.338 e. The number of nitrogens with zero attached hydrogens (tertiary/aromatic N) is 3. The van der Waals surface area contributed by atoms with Gasteiger partial charge in [-0.15, -0.1) is 0 Å². The Bertz CT molecular complexity index is 2340. The van der Waals surface area contributed by atoms with Crippen LogP contribution in [0, 0.1) is 0 Å². The van der Waals surface area contributed by atoms with Gasteiger partial charge in [0.25, 0.3) is 0 Å². The van der Waals surface area contributed by atoms with Crippen LogP contribution in [-0.2, 0) is 4.74 Å². The number of fused-ring (bicyclic) bond motifs is 3. The summed E-state index contributed by atoms with van der Waals surface area (Å²) >= 11 is 0. The molecule has 1 aromatic heterocycles. The SMILES string of the molecule is CCOC(=O)c1ccc(-c2cc(-c3ccc(OC)c(OC)c3)c3cccc(N4c5ccccc5N(c5ccccc5)c5ccccc54)c3n2)cc1. The molecule has 8 rings (SSSR count). The number of rotatable bonds is 8. The van der Waals surface area contributed by atoms with Crippen LogP contribution in [0.2, 0.25) is 0 Å². The third-order valence-electron chi connectivity index (χ3n) is 9.19. The standard InChI is InChI=1S/C44H35N3O4/c1-4-51-44(48)30-23-21-29(22-24-30)35-28-34(31-25-26-41(49-2)42(27-31)50-3)33-15-12-20-40(43(33)45-35)47-38-18-10-8-16-36(38)46(32-13-6-5-7-14-32)37-17-9-11-19-39(37)47/h5-28H,4H2,1-3H3. The van der Waals surface area contributed by atoms with Crippen molar-refractivity contribution >= 4 is 51.0 Å². The largest absolute Gasteiger partial charge is 0.493 e. The van der Waals surface area contributed by atoms with Crippen LogP contribution >= 0.6 is 0 Å². The zero-order chi connectivity index (χ0) is 34.9. The van der Waals surface area contributed by atoms with E-state index in [0.717, 1.165) is 67.4 Å². The van der Waals surface area contributed by atoms with Crippen molar-refractivity contribution in [3.05, 3.63) is 151 Å². The van der Waals surface area contributed by atoms with Crippen LogP contribution < -0.4 is 19.3 Å². The van der Waals surface area contributed by atoms with Gasteiger partial charge in [-0.3, -0.25) is 0 Å². The van der Waals surface area contributed by atoms with Crippen LogP contribution in [0.4, 0.5) is 34.1 Å². The summed E-state index contributed by atoms with van der Waals surface area (Å²) in [5.41, 5.74) is 11.1. The lowest BCUT2D eigenvalue weighted by Crippen LogP contribution is -2.24. The summed E-state index contributed by atoms with van der Waals surface area (Å²) in [5.74, 6) is 0.937. The summed E-state index contributed by atoms with van der Waals surface area (Å²) in [6.45, 7) is 2.12. The molecule has 7 aromatic rings. The minimum Gasteiger partial charge on any atom is -0.493 e. The van der Waals surface area contributed by atoms with E-state index in [0.29, 0.717) is 23.7 Å². The van der Waals surface area contributed by atoms with E-state index >= 15 is 0 Å². The molecule has 0 N–H and O–H groups in total. The van der Waals surface area contributed by atoms with Crippen LogP contribution in [0.3, 0.4) is 0 Å². The molecule has 2 heterocycles.